The maximum absolute atomic E-state index is 10.4. The molecule has 0 amide bonds. The molecule has 0 bridgehead atoms. The number of aryl methyl sites for hydroxylation is 1. The fourth-order valence-electron chi connectivity index (χ4n) is 3.40. The van der Waals surface area contributed by atoms with Crippen LogP contribution in [0.25, 0.3) is 5.65 Å². The number of rotatable bonds is 3. The normalized spacial score (nSPS) is 19.2. The molecule has 1 N–H and O–H groups in total. The van der Waals surface area contributed by atoms with Crippen LogP contribution >= 0.6 is 0 Å². The van der Waals surface area contributed by atoms with Crippen molar-refractivity contribution >= 4 is 5.65 Å². The van der Waals surface area contributed by atoms with Crippen molar-refractivity contribution in [2.75, 3.05) is 0 Å². The van der Waals surface area contributed by atoms with Crippen LogP contribution in [-0.4, -0.2) is 20.6 Å². The molecule has 5 nitrogen and oxygen atoms in total. The lowest BCUT2D eigenvalue weighted by atomic mass is 10.1. The van der Waals surface area contributed by atoms with E-state index in [1.807, 2.05) is 53.9 Å². The molecule has 120 valence electrons. The molecule has 1 aliphatic rings. The summed E-state index contributed by atoms with van der Waals surface area (Å²) in [6, 6.07) is 13.8. The number of hydrogen-bond donors (Lipinski definition) is 1. The van der Waals surface area contributed by atoms with Crippen molar-refractivity contribution in [2.45, 2.75) is 32.0 Å². The minimum Gasteiger partial charge on any atom is -0.479 e. The molecule has 4 rings (SSSR count). The highest BCUT2D eigenvalue weighted by Gasteiger charge is 2.33. The van der Waals surface area contributed by atoms with Crippen LogP contribution < -0.4 is 4.74 Å². The summed E-state index contributed by atoms with van der Waals surface area (Å²) < 4.78 is 8.05. The van der Waals surface area contributed by atoms with Gasteiger partial charge < -0.3 is 9.84 Å². The first-order chi connectivity index (χ1) is 11.7. The predicted molar refractivity (Wildman–Crippen MR) is 88.8 cm³/mol. The third-order valence-corrected chi connectivity index (χ3v) is 4.55. The van der Waals surface area contributed by atoms with Crippen molar-refractivity contribution in [3.63, 3.8) is 0 Å². The minimum atomic E-state index is -0.572. The van der Waals surface area contributed by atoms with E-state index in [1.165, 1.54) is 0 Å². The maximum Gasteiger partial charge on any atom is 0.180 e. The topological polar surface area (TPSA) is 70.6 Å². The van der Waals surface area contributed by atoms with Gasteiger partial charge in [-0.05, 0) is 30.2 Å². The Kier molecular flexibility index (Phi) is 3.47. The summed E-state index contributed by atoms with van der Waals surface area (Å²) in [5, 5.41) is 19.4. The molecule has 3 aromatic rings. The molecule has 2 atom stereocenters. The zero-order valence-corrected chi connectivity index (χ0v) is 13.3. The van der Waals surface area contributed by atoms with E-state index < -0.39 is 12.2 Å². The number of ether oxygens (including phenoxy) is 1. The van der Waals surface area contributed by atoms with Crippen molar-refractivity contribution < 1.29 is 9.84 Å². The third-order valence-electron chi connectivity index (χ3n) is 4.55. The van der Waals surface area contributed by atoms with Crippen LogP contribution in [0.3, 0.4) is 0 Å². The molecule has 0 spiro atoms. The number of hydrogen-bond acceptors (Lipinski definition) is 4. The first kappa shape index (κ1) is 14.7. The molecule has 0 saturated heterocycles. The molecule has 0 unspecified atom stereocenters. The lowest BCUT2D eigenvalue weighted by Crippen LogP contribution is -2.19. The van der Waals surface area contributed by atoms with Gasteiger partial charge in [-0.1, -0.05) is 24.3 Å². The Morgan fingerprint density at radius 3 is 3.00 bits per heavy atom. The molecular formula is C19H17N3O2. The zero-order valence-electron chi connectivity index (χ0n) is 13.3. The Balaban J connectivity index is 1.76. The van der Waals surface area contributed by atoms with Crippen LogP contribution in [0.1, 0.15) is 28.6 Å². The van der Waals surface area contributed by atoms with E-state index >= 15 is 0 Å². The van der Waals surface area contributed by atoms with Gasteiger partial charge in [0.25, 0.3) is 0 Å². The summed E-state index contributed by atoms with van der Waals surface area (Å²) in [5.41, 5.74) is 4.50. The van der Waals surface area contributed by atoms with Crippen LogP contribution in [0.15, 0.2) is 42.6 Å². The van der Waals surface area contributed by atoms with Gasteiger partial charge in [-0.3, -0.25) is 4.40 Å². The maximum atomic E-state index is 10.4. The first-order valence-corrected chi connectivity index (χ1v) is 7.95. The van der Waals surface area contributed by atoms with E-state index in [2.05, 4.69) is 11.1 Å². The van der Waals surface area contributed by atoms with Gasteiger partial charge in [-0.2, -0.15) is 5.26 Å². The second kappa shape index (κ2) is 5.66. The second-order valence-electron chi connectivity index (χ2n) is 6.05. The third kappa shape index (κ3) is 2.24. The summed E-state index contributed by atoms with van der Waals surface area (Å²) >= 11 is 0. The number of aliphatic hydroxyl groups is 1. The molecule has 0 fully saturated rings. The highest BCUT2D eigenvalue weighted by Crippen LogP contribution is 2.36. The Bertz CT molecular complexity index is 955. The van der Waals surface area contributed by atoms with E-state index in [-0.39, 0.29) is 0 Å². The molecular weight excluding hydrogens is 302 g/mol. The SMILES string of the molecule is Cc1nc2c(O[C@@H]3c4ccccc4C[C@H]3O)cccn2c1CC#N. The van der Waals surface area contributed by atoms with Crippen LogP contribution in [-0.2, 0) is 12.8 Å². The number of imidazole rings is 1. The standard InChI is InChI=1S/C19H17N3O2/c1-12-15(8-9-20)22-10-4-7-17(19(22)21-12)24-18-14-6-3-2-5-13(14)11-16(18)23/h2-7,10,16,18,23H,8,11H2,1H3/t16-,18-/m1/s1. The fourth-order valence-corrected chi connectivity index (χ4v) is 3.40. The molecule has 5 heteroatoms. The molecule has 2 heterocycles. The summed E-state index contributed by atoms with van der Waals surface area (Å²) in [4.78, 5) is 4.56. The van der Waals surface area contributed by atoms with Gasteiger partial charge in [0.2, 0.25) is 0 Å². The van der Waals surface area contributed by atoms with Crippen molar-refractivity contribution in [1.82, 2.24) is 9.38 Å². The predicted octanol–water partition coefficient (Wildman–Crippen LogP) is 2.75. The van der Waals surface area contributed by atoms with E-state index in [4.69, 9.17) is 10.00 Å². The second-order valence-corrected chi connectivity index (χ2v) is 6.05. The van der Waals surface area contributed by atoms with Crippen LogP contribution in [0, 0.1) is 18.3 Å². The average Bonchev–Trinajstić information content (AvgIpc) is 3.07. The van der Waals surface area contributed by atoms with Crippen molar-refractivity contribution in [1.29, 1.82) is 5.26 Å². The molecule has 1 aliphatic carbocycles. The number of pyridine rings is 1. The molecule has 0 saturated carbocycles. The van der Waals surface area contributed by atoms with Gasteiger partial charge in [-0.25, -0.2) is 4.98 Å². The lowest BCUT2D eigenvalue weighted by Gasteiger charge is -2.18. The molecule has 0 radical (unpaired) electrons. The minimum absolute atomic E-state index is 0.297. The van der Waals surface area contributed by atoms with E-state index in [9.17, 15) is 5.11 Å². The summed E-state index contributed by atoms with van der Waals surface area (Å²) in [5.74, 6) is 0.616. The van der Waals surface area contributed by atoms with Crippen LogP contribution in [0.2, 0.25) is 0 Å². The monoisotopic (exact) mass is 319 g/mol. The zero-order chi connectivity index (χ0) is 16.7. The summed E-state index contributed by atoms with van der Waals surface area (Å²) in [6.45, 7) is 1.89. The van der Waals surface area contributed by atoms with Crippen molar-refractivity contribution in [2.24, 2.45) is 0 Å². The smallest absolute Gasteiger partial charge is 0.180 e. The van der Waals surface area contributed by atoms with Gasteiger partial charge in [0.15, 0.2) is 17.5 Å². The highest BCUT2D eigenvalue weighted by molar-refractivity contribution is 5.57. The number of fused-ring (bicyclic) bond motifs is 2. The Hall–Kier alpha value is -2.84. The van der Waals surface area contributed by atoms with Crippen LogP contribution in [0.5, 0.6) is 5.75 Å². The van der Waals surface area contributed by atoms with Crippen molar-refractivity contribution in [3.8, 4) is 11.8 Å². The van der Waals surface area contributed by atoms with Gasteiger partial charge in [0.1, 0.15) is 0 Å². The molecule has 0 aliphatic heterocycles. The van der Waals surface area contributed by atoms with E-state index in [0.717, 1.165) is 22.5 Å². The lowest BCUT2D eigenvalue weighted by molar-refractivity contribution is 0.0502. The van der Waals surface area contributed by atoms with E-state index in [0.29, 0.717) is 24.2 Å². The Labute approximate surface area is 139 Å². The fraction of sp³-hybridized carbons (Fsp3) is 0.263. The number of aliphatic hydroxyl groups excluding tert-OH is 1. The number of aromatic nitrogens is 2. The summed E-state index contributed by atoms with van der Waals surface area (Å²) in [6.07, 6.45) is 1.80. The Morgan fingerprint density at radius 2 is 2.17 bits per heavy atom. The average molecular weight is 319 g/mol. The van der Waals surface area contributed by atoms with Gasteiger partial charge in [0.05, 0.1) is 30.0 Å². The van der Waals surface area contributed by atoms with Crippen LogP contribution in [0.4, 0.5) is 0 Å². The molecule has 24 heavy (non-hydrogen) atoms. The number of nitriles is 1. The quantitative estimate of drug-likeness (QED) is 0.806. The van der Waals surface area contributed by atoms with Gasteiger partial charge in [0, 0.05) is 12.6 Å². The molecule has 2 aromatic heterocycles. The first-order valence-electron chi connectivity index (χ1n) is 7.95. The Morgan fingerprint density at radius 1 is 1.33 bits per heavy atom. The largest absolute Gasteiger partial charge is 0.479 e. The number of nitrogens with zero attached hydrogens (tertiary/aromatic N) is 3. The highest BCUT2D eigenvalue weighted by atomic mass is 16.5. The molecule has 1 aromatic carbocycles. The van der Waals surface area contributed by atoms with Crippen molar-refractivity contribution in [3.05, 3.63) is 65.1 Å². The number of benzene rings is 1. The van der Waals surface area contributed by atoms with E-state index in [1.54, 1.807) is 0 Å². The van der Waals surface area contributed by atoms with Gasteiger partial charge >= 0.3 is 0 Å². The summed E-state index contributed by atoms with van der Waals surface area (Å²) in [7, 11) is 0. The van der Waals surface area contributed by atoms with Gasteiger partial charge in [-0.15, -0.1) is 0 Å².